The molecule has 0 aliphatic heterocycles. The second-order valence-electron chi connectivity index (χ2n) is 6.49. The smallest absolute Gasteiger partial charge is 0.337 e. The molecule has 6 nitrogen and oxygen atoms in total. The Kier molecular flexibility index (Phi) is 7.09. The van der Waals surface area contributed by atoms with E-state index in [1.54, 1.807) is 30.3 Å². The molecule has 2 aromatic carbocycles. The number of esters is 1. The fourth-order valence-corrected chi connectivity index (χ4v) is 2.81. The monoisotopic (exact) mass is 380 g/mol. The summed E-state index contributed by atoms with van der Waals surface area (Å²) in [4.78, 5) is 35.4. The number of benzene rings is 2. The minimum atomic E-state index is -0.418. The molecule has 0 aliphatic carbocycles. The first kappa shape index (κ1) is 20.9. The lowest BCUT2D eigenvalue weighted by atomic mass is 10.1. The summed E-state index contributed by atoms with van der Waals surface area (Å²) in [6.07, 6.45) is 2.94. The summed E-state index contributed by atoms with van der Waals surface area (Å²) in [7, 11) is 1.32. The zero-order valence-corrected chi connectivity index (χ0v) is 16.5. The Morgan fingerprint density at radius 2 is 1.61 bits per heavy atom. The van der Waals surface area contributed by atoms with Gasteiger partial charge in [0.1, 0.15) is 0 Å². The molecule has 28 heavy (non-hydrogen) atoms. The predicted molar refractivity (Wildman–Crippen MR) is 109 cm³/mol. The highest BCUT2D eigenvalue weighted by atomic mass is 16.5. The number of amides is 2. The molecule has 6 heteroatoms. The average molecular weight is 380 g/mol. The number of hydrogen-bond acceptors (Lipinski definition) is 4. The lowest BCUT2D eigenvalue weighted by Crippen LogP contribution is -2.32. The van der Waals surface area contributed by atoms with Crippen LogP contribution >= 0.6 is 0 Å². The zero-order chi connectivity index (χ0) is 20.7. The summed E-state index contributed by atoms with van der Waals surface area (Å²) < 4.78 is 4.63. The van der Waals surface area contributed by atoms with Gasteiger partial charge in [-0.25, -0.2) is 4.79 Å². The van der Waals surface area contributed by atoms with Crippen LogP contribution in [0.5, 0.6) is 0 Å². The van der Waals surface area contributed by atoms with Gasteiger partial charge < -0.3 is 15.4 Å². The number of carbonyl (C=O) groups is 3. The molecule has 0 aromatic heterocycles. The minimum absolute atomic E-state index is 0.128. The molecule has 0 atom stereocenters. The predicted octanol–water partition coefficient (Wildman–Crippen LogP) is 3.17. The van der Waals surface area contributed by atoms with Gasteiger partial charge in [0.05, 0.1) is 19.2 Å². The lowest BCUT2D eigenvalue weighted by molar-refractivity contribution is -0.121. The molecule has 0 fully saturated rings. The van der Waals surface area contributed by atoms with Gasteiger partial charge in [0.2, 0.25) is 11.8 Å². The topological polar surface area (TPSA) is 84.5 Å². The Hall–Kier alpha value is -3.41. The molecule has 2 N–H and O–H groups in total. The number of anilines is 1. The van der Waals surface area contributed by atoms with Gasteiger partial charge in [0.25, 0.3) is 0 Å². The van der Waals surface area contributed by atoms with Crippen molar-refractivity contribution in [2.24, 2.45) is 0 Å². The Morgan fingerprint density at radius 1 is 1.00 bits per heavy atom. The molecular formula is C22H24N2O4. The van der Waals surface area contributed by atoms with Crippen molar-refractivity contribution >= 4 is 29.5 Å². The number of rotatable bonds is 6. The van der Waals surface area contributed by atoms with Crippen LogP contribution in [0.25, 0.3) is 6.08 Å². The highest BCUT2D eigenvalue weighted by molar-refractivity contribution is 5.98. The first-order valence-corrected chi connectivity index (χ1v) is 8.82. The van der Waals surface area contributed by atoms with Gasteiger partial charge in [-0.1, -0.05) is 29.8 Å². The van der Waals surface area contributed by atoms with E-state index in [1.165, 1.54) is 13.2 Å². The van der Waals surface area contributed by atoms with E-state index in [0.717, 1.165) is 27.9 Å². The second-order valence-corrected chi connectivity index (χ2v) is 6.49. The molecule has 0 saturated carbocycles. The third kappa shape index (κ3) is 5.81. The summed E-state index contributed by atoms with van der Waals surface area (Å²) in [5.41, 5.74) is 5.04. The Morgan fingerprint density at radius 3 is 2.18 bits per heavy atom. The number of hydrogen-bond donors (Lipinski definition) is 2. The first-order chi connectivity index (χ1) is 13.3. The number of aryl methyl sites for hydroxylation is 3. The molecule has 0 saturated heterocycles. The minimum Gasteiger partial charge on any atom is -0.465 e. The van der Waals surface area contributed by atoms with Crippen LogP contribution in [0.1, 0.15) is 32.6 Å². The maximum absolute atomic E-state index is 12.1. The van der Waals surface area contributed by atoms with Crippen molar-refractivity contribution in [1.29, 1.82) is 0 Å². The molecule has 0 bridgehead atoms. The molecule has 2 aromatic rings. The molecule has 0 spiro atoms. The van der Waals surface area contributed by atoms with E-state index in [2.05, 4.69) is 15.4 Å². The van der Waals surface area contributed by atoms with Crippen LogP contribution in [0, 0.1) is 20.8 Å². The highest BCUT2D eigenvalue weighted by Crippen LogP contribution is 2.21. The second kappa shape index (κ2) is 9.50. The summed E-state index contributed by atoms with van der Waals surface area (Å²) in [5.74, 6) is -1.10. The van der Waals surface area contributed by atoms with Crippen LogP contribution < -0.4 is 10.6 Å². The quantitative estimate of drug-likeness (QED) is 0.595. The van der Waals surface area contributed by atoms with Gasteiger partial charge in [-0.2, -0.15) is 0 Å². The Labute approximate surface area is 164 Å². The van der Waals surface area contributed by atoms with Crippen LogP contribution in [0.3, 0.4) is 0 Å². The van der Waals surface area contributed by atoms with Crippen molar-refractivity contribution in [3.8, 4) is 0 Å². The SMILES string of the molecule is COC(=O)c1ccc(C=CC(=O)NCC(=O)Nc2c(C)cc(C)cc2C)cc1. The van der Waals surface area contributed by atoms with Crippen molar-refractivity contribution in [3.05, 3.63) is 70.3 Å². The van der Waals surface area contributed by atoms with Crippen LogP contribution in [-0.2, 0) is 14.3 Å². The van der Waals surface area contributed by atoms with Crippen molar-refractivity contribution in [2.75, 3.05) is 19.0 Å². The summed E-state index contributed by atoms with van der Waals surface area (Å²) >= 11 is 0. The maximum atomic E-state index is 12.1. The summed E-state index contributed by atoms with van der Waals surface area (Å²) in [5, 5.41) is 5.39. The van der Waals surface area contributed by atoms with Gasteiger partial charge in [-0.15, -0.1) is 0 Å². The fourth-order valence-electron chi connectivity index (χ4n) is 2.81. The highest BCUT2D eigenvalue weighted by Gasteiger charge is 2.09. The molecule has 0 unspecified atom stereocenters. The third-order valence-corrected chi connectivity index (χ3v) is 4.12. The molecule has 0 heterocycles. The summed E-state index contributed by atoms with van der Waals surface area (Å²) in [6, 6.07) is 10.6. The molecular weight excluding hydrogens is 356 g/mol. The molecule has 146 valence electrons. The van der Waals surface area contributed by atoms with E-state index >= 15 is 0 Å². The Bertz CT molecular complexity index is 892. The number of carbonyl (C=O) groups excluding carboxylic acids is 3. The van der Waals surface area contributed by atoms with Crippen molar-refractivity contribution in [1.82, 2.24) is 5.32 Å². The van der Waals surface area contributed by atoms with Crippen molar-refractivity contribution in [3.63, 3.8) is 0 Å². The van der Waals surface area contributed by atoms with Gasteiger partial charge in [-0.05, 0) is 55.7 Å². The van der Waals surface area contributed by atoms with E-state index in [-0.39, 0.29) is 18.4 Å². The van der Waals surface area contributed by atoms with Crippen LogP contribution in [0.15, 0.2) is 42.5 Å². The van der Waals surface area contributed by atoms with Gasteiger partial charge >= 0.3 is 5.97 Å². The molecule has 2 rings (SSSR count). The molecule has 2 amide bonds. The van der Waals surface area contributed by atoms with Gasteiger partial charge in [0, 0.05) is 11.8 Å². The standard InChI is InChI=1S/C22H24N2O4/c1-14-11-15(2)21(16(3)12-14)24-20(26)13-23-19(25)10-7-17-5-8-18(9-6-17)22(27)28-4/h5-12H,13H2,1-4H3,(H,23,25)(H,24,26). The van der Waals surface area contributed by atoms with Crippen molar-refractivity contribution < 1.29 is 19.1 Å². The number of ether oxygens (including phenoxy) is 1. The third-order valence-electron chi connectivity index (χ3n) is 4.12. The maximum Gasteiger partial charge on any atom is 0.337 e. The largest absolute Gasteiger partial charge is 0.465 e. The lowest BCUT2D eigenvalue weighted by Gasteiger charge is -2.13. The van der Waals surface area contributed by atoms with Crippen LogP contribution in [0.4, 0.5) is 5.69 Å². The normalized spacial score (nSPS) is 10.6. The van der Waals surface area contributed by atoms with E-state index in [4.69, 9.17) is 0 Å². The average Bonchev–Trinajstić information content (AvgIpc) is 2.67. The number of nitrogens with one attached hydrogen (secondary N) is 2. The summed E-state index contributed by atoms with van der Waals surface area (Å²) in [6.45, 7) is 5.74. The van der Waals surface area contributed by atoms with Gasteiger partial charge in [-0.3, -0.25) is 9.59 Å². The van der Waals surface area contributed by atoms with E-state index < -0.39 is 5.97 Å². The Balaban J connectivity index is 1.87. The molecule has 0 aliphatic rings. The van der Waals surface area contributed by atoms with E-state index in [0.29, 0.717) is 5.56 Å². The number of methoxy groups -OCH3 is 1. The zero-order valence-electron chi connectivity index (χ0n) is 16.5. The van der Waals surface area contributed by atoms with E-state index in [1.807, 2.05) is 32.9 Å². The van der Waals surface area contributed by atoms with Gasteiger partial charge in [0.15, 0.2) is 0 Å². The van der Waals surface area contributed by atoms with Crippen molar-refractivity contribution in [2.45, 2.75) is 20.8 Å². The fraction of sp³-hybridized carbons (Fsp3) is 0.227. The molecule has 0 radical (unpaired) electrons. The van der Waals surface area contributed by atoms with E-state index in [9.17, 15) is 14.4 Å². The van der Waals surface area contributed by atoms with Crippen LogP contribution in [-0.4, -0.2) is 31.4 Å². The van der Waals surface area contributed by atoms with Crippen LogP contribution in [0.2, 0.25) is 0 Å². The first-order valence-electron chi connectivity index (χ1n) is 8.82.